The molecule has 3 fully saturated rings. The molecular weight excluding hydrogens is 627 g/mol. The Morgan fingerprint density at radius 2 is 1.30 bits per heavy atom. The number of anilines is 2. The number of nitrogens with two attached hydrogens (primary N) is 2. The minimum absolute atomic E-state index is 0. The summed E-state index contributed by atoms with van der Waals surface area (Å²) in [4.78, 5) is 10.8. The maximum atomic E-state index is 12.0. The standard InChI is InChI=1S/C13H14ClNO.C8H5ClF3NO.2C5H5.ClH.Li.Mg/c1-13(16,7-6-9-2-3-9)11-8-10(14)4-5-12(11)15;9-4-1-2-6(13)5(3-4)7(14)8(10,11)12;2*1-2-5-3-4-5;;;/h4-5,8-9,16H,2-3,15H2,1H3;1-3H,13H2;2*5H,3-4H2;1H;;/q;;2*-1;;+1;+2/p-1/t13-;;;;;;/m0....../s1. The van der Waals surface area contributed by atoms with E-state index in [-0.39, 0.29) is 65.0 Å². The average molecular weight is 656 g/mol. The first kappa shape index (κ1) is 43.5. The zero-order valence-electron chi connectivity index (χ0n) is 23.9. The van der Waals surface area contributed by atoms with E-state index in [2.05, 4.69) is 23.7 Å². The summed E-state index contributed by atoms with van der Waals surface area (Å²) in [6.07, 6.45) is 15.1. The van der Waals surface area contributed by atoms with Crippen molar-refractivity contribution < 1.29 is 54.3 Å². The Morgan fingerprint density at radius 3 is 1.67 bits per heavy atom. The minimum Gasteiger partial charge on any atom is -1.00 e. The van der Waals surface area contributed by atoms with E-state index in [0.717, 1.165) is 25.0 Å². The molecule has 4 nitrogen and oxygen atoms in total. The molecule has 2 aromatic carbocycles. The molecule has 0 bridgehead atoms. The zero-order valence-corrected chi connectivity index (χ0v) is 27.6. The first-order valence-corrected chi connectivity index (χ1v) is 13.2. The molecule has 5 rings (SSSR count). The van der Waals surface area contributed by atoms with Crippen molar-refractivity contribution in [1.82, 2.24) is 0 Å². The van der Waals surface area contributed by atoms with E-state index in [4.69, 9.17) is 47.5 Å². The molecule has 43 heavy (non-hydrogen) atoms. The van der Waals surface area contributed by atoms with Gasteiger partial charge >= 0.3 is 48.1 Å². The molecule has 3 aliphatic rings. The van der Waals surface area contributed by atoms with Gasteiger partial charge in [-0.15, -0.1) is 0 Å². The molecule has 0 spiro atoms. The van der Waals surface area contributed by atoms with Gasteiger partial charge in [0, 0.05) is 32.9 Å². The average Bonchev–Trinajstić information content (AvgIpc) is 3.76. The summed E-state index contributed by atoms with van der Waals surface area (Å²) in [6, 6.07) is 8.41. The molecule has 0 radical (unpaired) electrons. The molecule has 12 heteroatoms. The van der Waals surface area contributed by atoms with Crippen LogP contribution in [0.5, 0.6) is 0 Å². The van der Waals surface area contributed by atoms with Gasteiger partial charge in [-0.1, -0.05) is 35.0 Å². The first-order valence-electron chi connectivity index (χ1n) is 12.5. The van der Waals surface area contributed by atoms with Crippen molar-refractivity contribution in [2.75, 3.05) is 11.5 Å². The van der Waals surface area contributed by atoms with E-state index < -0.39 is 23.1 Å². The maximum Gasteiger partial charge on any atom is 2.00 e. The number of ketones is 1. The third-order valence-corrected chi connectivity index (χ3v) is 6.19. The van der Waals surface area contributed by atoms with Gasteiger partial charge in [0.2, 0.25) is 0 Å². The van der Waals surface area contributed by atoms with Crippen LogP contribution in [0.4, 0.5) is 24.5 Å². The van der Waals surface area contributed by atoms with Crippen LogP contribution in [-0.2, 0) is 5.60 Å². The Hall–Kier alpha value is -1.63. The first-order chi connectivity index (χ1) is 18.7. The Labute approximate surface area is 296 Å². The van der Waals surface area contributed by atoms with Crippen LogP contribution in [0.15, 0.2) is 36.4 Å². The summed E-state index contributed by atoms with van der Waals surface area (Å²) < 4.78 is 36.0. The number of carbonyl (C=O) groups is 1. The van der Waals surface area contributed by atoms with Crippen LogP contribution in [0.3, 0.4) is 0 Å². The summed E-state index contributed by atoms with van der Waals surface area (Å²) in [7, 11) is 0. The summed E-state index contributed by atoms with van der Waals surface area (Å²) in [6.45, 7) is 1.64. The fourth-order valence-corrected chi connectivity index (χ4v) is 3.17. The molecule has 3 saturated carbocycles. The van der Waals surface area contributed by atoms with Gasteiger partial charge in [0.25, 0.3) is 5.78 Å². The summed E-state index contributed by atoms with van der Waals surface area (Å²) in [5.74, 6) is 10.3. The molecule has 5 N–H and O–H groups in total. The largest absolute Gasteiger partial charge is 2.00 e. The van der Waals surface area contributed by atoms with E-state index >= 15 is 0 Å². The number of carbonyl (C=O) groups excluding carboxylic acids is 1. The van der Waals surface area contributed by atoms with E-state index in [1.54, 1.807) is 25.1 Å². The van der Waals surface area contributed by atoms with Gasteiger partial charge in [-0.2, -0.15) is 13.2 Å². The summed E-state index contributed by atoms with van der Waals surface area (Å²) >= 11 is 11.3. The predicted molar refractivity (Wildman–Crippen MR) is 158 cm³/mol. The van der Waals surface area contributed by atoms with Crippen molar-refractivity contribution in [3.63, 3.8) is 0 Å². The number of Topliss-reactive ketones (excluding diaryl/α,β-unsaturated/α-hetero) is 1. The minimum atomic E-state index is -4.93. The van der Waals surface area contributed by atoms with Gasteiger partial charge in [-0.25, -0.2) is 0 Å². The van der Waals surface area contributed by atoms with Gasteiger partial charge in [0.1, 0.15) is 5.60 Å². The van der Waals surface area contributed by atoms with Crippen LogP contribution < -0.4 is 42.7 Å². The molecule has 0 unspecified atom stereocenters. The fourth-order valence-electron chi connectivity index (χ4n) is 2.82. The Morgan fingerprint density at radius 1 is 0.884 bits per heavy atom. The summed E-state index contributed by atoms with van der Waals surface area (Å²) in [5, 5.41) is 10.8. The van der Waals surface area contributed by atoms with E-state index in [1.807, 2.05) is 0 Å². The fraction of sp³-hybridized carbons (Fsp3) is 0.387. The van der Waals surface area contributed by atoms with Gasteiger partial charge < -0.3 is 53.7 Å². The van der Waals surface area contributed by atoms with Crippen molar-refractivity contribution in [3.05, 3.63) is 70.4 Å². The molecular formula is C31H29Cl3F3LiMgN2O2. The number of alkyl halides is 3. The maximum absolute atomic E-state index is 12.0. The monoisotopic (exact) mass is 654 g/mol. The van der Waals surface area contributed by atoms with E-state index in [1.165, 1.54) is 31.7 Å². The van der Waals surface area contributed by atoms with Gasteiger partial charge in [0.05, 0.1) is 5.56 Å². The van der Waals surface area contributed by atoms with Crippen molar-refractivity contribution in [3.8, 4) is 23.7 Å². The van der Waals surface area contributed by atoms with Gasteiger partial charge in [0.15, 0.2) is 0 Å². The van der Waals surface area contributed by atoms with Crippen LogP contribution in [0.25, 0.3) is 0 Å². The van der Waals surface area contributed by atoms with Crippen molar-refractivity contribution >= 4 is 63.4 Å². The number of rotatable bonds is 2. The number of hydrogen-bond donors (Lipinski definition) is 3. The summed E-state index contributed by atoms with van der Waals surface area (Å²) in [5.41, 5.74) is 10.0. The topological polar surface area (TPSA) is 89.3 Å². The third kappa shape index (κ3) is 16.9. The Kier molecular flexibility index (Phi) is 19.9. The number of halogens is 6. The molecule has 220 valence electrons. The molecule has 0 amide bonds. The second-order valence-electron chi connectivity index (χ2n) is 9.74. The van der Waals surface area contributed by atoms with Crippen molar-refractivity contribution in [2.45, 2.75) is 57.2 Å². The zero-order chi connectivity index (χ0) is 30.1. The van der Waals surface area contributed by atoms with Gasteiger partial charge in [-0.05, 0) is 93.7 Å². The molecule has 0 aliphatic heterocycles. The molecule has 0 heterocycles. The van der Waals surface area contributed by atoms with Crippen molar-refractivity contribution in [2.24, 2.45) is 17.8 Å². The van der Waals surface area contributed by atoms with Crippen LogP contribution in [0.1, 0.15) is 61.4 Å². The smallest absolute Gasteiger partial charge is 1.00 e. The number of aliphatic hydroxyl groups is 1. The SMILES string of the molecule is C[C@](O)(C#CC1CC1)c1cc(Cl)ccc1N.Nc1ccc(Cl)cc1C(=O)C(F)(F)F.[C-]#CC1CC1.[C-]#CC1CC1.[Cl-].[Li+].[Mg+2]. The second kappa shape index (κ2) is 19.7. The van der Waals surface area contributed by atoms with Crippen molar-refractivity contribution in [1.29, 1.82) is 0 Å². The normalized spacial score (nSPS) is 15.6. The number of benzene rings is 2. The number of hydrogen-bond acceptors (Lipinski definition) is 4. The molecule has 0 aromatic heterocycles. The second-order valence-corrected chi connectivity index (χ2v) is 10.6. The Bertz CT molecular complexity index is 1330. The molecule has 3 aliphatic carbocycles. The molecule has 0 saturated heterocycles. The van der Waals surface area contributed by atoms with Gasteiger partial charge in [-0.3, -0.25) is 4.79 Å². The third-order valence-electron chi connectivity index (χ3n) is 5.72. The van der Waals surface area contributed by atoms with Crippen LogP contribution in [-0.4, -0.2) is 40.1 Å². The Balaban J connectivity index is 0. The quantitative estimate of drug-likeness (QED) is 0.147. The molecule has 1 atom stereocenters. The van der Waals surface area contributed by atoms with Crippen LogP contribution in [0.2, 0.25) is 10.0 Å². The van der Waals surface area contributed by atoms with E-state index in [9.17, 15) is 23.1 Å². The molecule has 2 aromatic rings. The van der Waals surface area contributed by atoms with Crippen LogP contribution in [0, 0.1) is 54.3 Å². The van der Waals surface area contributed by atoms with Crippen LogP contribution >= 0.6 is 23.2 Å². The predicted octanol–water partition coefficient (Wildman–Crippen LogP) is 0.810. The van der Waals surface area contributed by atoms with E-state index in [0.29, 0.717) is 34.0 Å². The number of nitrogen functional groups attached to an aromatic ring is 2.